The van der Waals surface area contributed by atoms with Gasteiger partial charge in [0.15, 0.2) is 40.7 Å². The van der Waals surface area contributed by atoms with Crippen molar-refractivity contribution in [2.24, 2.45) is 0 Å². The zero-order chi connectivity index (χ0) is 66.5. The first kappa shape index (κ1) is 58.9. The van der Waals surface area contributed by atoms with Crippen molar-refractivity contribution < 1.29 is 4.79 Å². The quantitative estimate of drug-likeness (QED) is 0.0999. The monoisotopic (exact) mass is 1280 g/mol. The molecule has 0 aliphatic heterocycles. The van der Waals surface area contributed by atoms with Crippen molar-refractivity contribution in [1.82, 2.24) is 39.0 Å². The van der Waals surface area contributed by atoms with Crippen LogP contribution in [0.1, 0.15) is 15.9 Å². The van der Waals surface area contributed by atoms with Crippen molar-refractivity contribution in [2.75, 3.05) is 0 Å². The summed E-state index contributed by atoms with van der Waals surface area (Å²) in [7, 11) is 0. The predicted molar refractivity (Wildman–Crippen MR) is 406 cm³/mol. The van der Waals surface area contributed by atoms with Crippen molar-refractivity contribution in [1.29, 1.82) is 0 Å². The van der Waals surface area contributed by atoms with Crippen LogP contribution in [0.2, 0.25) is 0 Å². The molecule has 0 saturated heterocycles. The lowest BCUT2D eigenvalue weighted by Gasteiger charge is -2.12. The number of rotatable bonds is 14. The molecule has 0 unspecified atom stereocenters. The number of hydrogen-bond donors (Lipinski definition) is 0. The van der Waals surface area contributed by atoms with E-state index in [1.807, 2.05) is 109 Å². The summed E-state index contributed by atoms with van der Waals surface area (Å²) in [5, 5.41) is 4.60. The Labute approximate surface area is 577 Å². The highest BCUT2D eigenvalue weighted by Crippen LogP contribution is 2.44. The highest BCUT2D eigenvalue weighted by atomic mass is 16.1. The number of aromatic nitrogens is 8. The number of hydrogen-bond acceptors (Lipinski definition) is 7. The van der Waals surface area contributed by atoms with Gasteiger partial charge in [-0.25, -0.2) is 29.9 Å². The molecule has 14 aromatic carbocycles. The van der Waals surface area contributed by atoms with Crippen LogP contribution >= 0.6 is 0 Å². The number of carbonyl (C=O) groups excluding carboxylic acids is 1. The molecule has 9 heteroatoms. The van der Waals surface area contributed by atoms with Crippen molar-refractivity contribution in [3.63, 3.8) is 0 Å². The zero-order valence-electron chi connectivity index (χ0n) is 54.0. The summed E-state index contributed by atoms with van der Waals surface area (Å²) >= 11 is 0. The van der Waals surface area contributed by atoms with Crippen LogP contribution in [0.3, 0.4) is 0 Å². The van der Waals surface area contributed by atoms with E-state index in [-0.39, 0.29) is 5.78 Å². The van der Waals surface area contributed by atoms with Gasteiger partial charge in [-0.15, -0.1) is 0 Å². The Balaban J connectivity index is 0.702. The largest absolute Gasteiger partial charge is 0.309 e. The number of fused-ring (bicyclic) bond motifs is 6. The number of nitrogens with zero attached hydrogens (tertiary/aromatic N) is 8. The Morgan fingerprint density at radius 2 is 0.500 bits per heavy atom. The van der Waals surface area contributed by atoms with Crippen LogP contribution in [0.25, 0.3) is 168 Å². The van der Waals surface area contributed by atoms with Gasteiger partial charge in [-0.2, -0.15) is 0 Å². The lowest BCUT2D eigenvalue weighted by atomic mass is 9.96. The van der Waals surface area contributed by atoms with Gasteiger partial charge in [0.05, 0.1) is 22.1 Å². The molecular weight excluding hydrogens is 1220 g/mol. The van der Waals surface area contributed by atoms with E-state index >= 15 is 4.79 Å². The molecular formula is C91H58N8O. The fraction of sp³-hybridized carbons (Fsp3) is 0. The van der Waals surface area contributed by atoms with Crippen molar-refractivity contribution in [2.45, 2.75) is 0 Å². The highest BCUT2D eigenvalue weighted by Gasteiger charge is 2.23. The maximum Gasteiger partial charge on any atom is 0.193 e. The van der Waals surface area contributed by atoms with E-state index in [0.717, 1.165) is 122 Å². The van der Waals surface area contributed by atoms with Gasteiger partial charge in [0, 0.05) is 77.4 Å². The Hall–Kier alpha value is -13.6. The fourth-order valence-electron chi connectivity index (χ4n) is 14.1. The van der Waals surface area contributed by atoms with E-state index in [2.05, 4.69) is 252 Å². The van der Waals surface area contributed by atoms with Crippen LogP contribution < -0.4 is 0 Å². The molecule has 18 rings (SSSR count). The molecule has 100 heavy (non-hydrogen) atoms. The average Bonchev–Trinajstić information content (AvgIpc) is 1.57. The molecule has 0 spiro atoms. The smallest absolute Gasteiger partial charge is 0.193 e. The molecule has 18 aromatic rings. The van der Waals surface area contributed by atoms with Gasteiger partial charge in [-0.05, 0) is 129 Å². The third kappa shape index (κ3) is 10.9. The summed E-state index contributed by atoms with van der Waals surface area (Å²) in [4.78, 5) is 46.2. The summed E-state index contributed by atoms with van der Waals surface area (Å²) in [6, 6.07) is 121. The van der Waals surface area contributed by atoms with Crippen LogP contribution in [0.15, 0.2) is 352 Å². The minimum Gasteiger partial charge on any atom is -0.309 e. The Morgan fingerprint density at radius 3 is 0.870 bits per heavy atom. The summed E-state index contributed by atoms with van der Waals surface area (Å²) in [6.07, 6.45) is 0. The molecule has 0 bridgehead atoms. The van der Waals surface area contributed by atoms with E-state index in [4.69, 9.17) is 29.9 Å². The van der Waals surface area contributed by atoms with Gasteiger partial charge in [0.1, 0.15) is 0 Å². The van der Waals surface area contributed by atoms with Crippen molar-refractivity contribution >= 4 is 49.4 Å². The number of benzene rings is 14. The molecule has 0 fully saturated rings. The van der Waals surface area contributed by atoms with Gasteiger partial charge < -0.3 is 9.13 Å². The van der Waals surface area contributed by atoms with Crippen LogP contribution in [-0.4, -0.2) is 44.8 Å². The Morgan fingerprint density at radius 1 is 0.210 bits per heavy atom. The van der Waals surface area contributed by atoms with Crippen LogP contribution in [0.4, 0.5) is 0 Å². The summed E-state index contributed by atoms with van der Waals surface area (Å²) in [6.45, 7) is 0. The van der Waals surface area contributed by atoms with E-state index in [0.29, 0.717) is 57.2 Å². The summed E-state index contributed by atoms with van der Waals surface area (Å²) < 4.78 is 4.71. The fourth-order valence-corrected chi connectivity index (χ4v) is 14.1. The third-order valence-electron chi connectivity index (χ3n) is 18.8. The lowest BCUT2D eigenvalue weighted by molar-refractivity contribution is 0.103. The highest BCUT2D eigenvalue weighted by molar-refractivity contribution is 6.18. The molecule has 4 aromatic heterocycles. The molecule has 0 aliphatic carbocycles. The van der Waals surface area contributed by atoms with Gasteiger partial charge in [-0.3, -0.25) is 4.79 Å². The van der Waals surface area contributed by atoms with E-state index in [1.54, 1.807) is 0 Å². The standard InChI is InChI=1S/C91H58N8O/c100-85(67-35-21-39-71(55-67)90-94-86(61-29-11-3-12-30-61)92-88(96-90)69-37-19-33-65(53-69)75-45-23-47-81-83(75)77-57-63(59-25-7-1-8-26-59)49-51-79(77)98(81)73-41-15-5-16-42-73)68-36-22-40-72(56-68)91-95-87(62-31-13-4-14-32-62)93-89(97-91)70-38-20-34-66(54-70)76-46-24-48-82-84(76)78-58-64(60-27-9-2-10-28-60)50-52-80(78)99(82)74-43-17-6-18-44-74/h1-58H. The number of para-hydroxylation sites is 2. The third-order valence-corrected chi connectivity index (χ3v) is 18.8. The molecule has 4 heterocycles. The minimum absolute atomic E-state index is 0.184. The van der Waals surface area contributed by atoms with E-state index < -0.39 is 0 Å². The van der Waals surface area contributed by atoms with Crippen LogP contribution in [0, 0.1) is 0 Å². The van der Waals surface area contributed by atoms with E-state index in [1.165, 1.54) is 0 Å². The van der Waals surface area contributed by atoms with Crippen molar-refractivity contribution in [3.8, 4) is 124 Å². The molecule has 0 N–H and O–H groups in total. The first-order valence-electron chi connectivity index (χ1n) is 33.4. The second kappa shape index (κ2) is 25.2. The molecule has 0 radical (unpaired) electrons. The lowest BCUT2D eigenvalue weighted by Crippen LogP contribution is -2.04. The molecule has 9 nitrogen and oxygen atoms in total. The molecule has 0 saturated carbocycles. The maximum atomic E-state index is 15.1. The molecule has 0 aliphatic rings. The van der Waals surface area contributed by atoms with E-state index in [9.17, 15) is 0 Å². The zero-order valence-corrected chi connectivity index (χ0v) is 54.0. The Bertz CT molecular complexity index is 5780. The minimum atomic E-state index is -0.184. The molecule has 0 atom stereocenters. The number of carbonyl (C=O) groups is 1. The maximum absolute atomic E-state index is 15.1. The van der Waals surface area contributed by atoms with Gasteiger partial charge in [0.2, 0.25) is 0 Å². The predicted octanol–water partition coefficient (Wildman–Crippen LogP) is 22.2. The first-order chi connectivity index (χ1) is 49.5. The topological polar surface area (TPSA) is 104 Å². The van der Waals surface area contributed by atoms with Crippen LogP contribution in [0.5, 0.6) is 0 Å². The normalized spacial score (nSPS) is 11.4. The van der Waals surface area contributed by atoms with Crippen molar-refractivity contribution in [3.05, 3.63) is 363 Å². The second-order valence-corrected chi connectivity index (χ2v) is 24.9. The second-order valence-electron chi connectivity index (χ2n) is 24.9. The summed E-state index contributed by atoms with van der Waals surface area (Å²) in [5.74, 6) is 2.71. The summed E-state index contributed by atoms with van der Waals surface area (Å²) in [5.41, 5.74) is 21.0. The van der Waals surface area contributed by atoms with Gasteiger partial charge >= 0.3 is 0 Å². The molecule has 468 valence electrons. The first-order valence-corrected chi connectivity index (χ1v) is 33.4. The Kier molecular flexibility index (Phi) is 14.8. The molecule has 0 amide bonds. The van der Waals surface area contributed by atoms with Gasteiger partial charge in [0.25, 0.3) is 0 Å². The number of ketones is 1. The van der Waals surface area contributed by atoms with Crippen LogP contribution in [-0.2, 0) is 0 Å². The average molecular weight is 1280 g/mol. The SMILES string of the molecule is O=C(c1cccc(-c2nc(-c3ccccc3)nc(-c3cccc(-c4cccc5c4c4cc(-c6ccccc6)ccc4n5-c4ccccc4)c3)n2)c1)c1cccc(-c2nc(-c3ccccc3)nc(-c3cccc(-c4cccc5c4c4cc(-c6ccccc6)ccc4n5-c4ccccc4)c3)n2)c1. The van der Waals surface area contributed by atoms with Gasteiger partial charge in [-0.1, -0.05) is 267 Å².